The van der Waals surface area contributed by atoms with Gasteiger partial charge in [0.1, 0.15) is 17.5 Å². The lowest BCUT2D eigenvalue weighted by atomic mass is 9.70. The highest BCUT2D eigenvalue weighted by atomic mass is 16.5. The number of carbonyl (C=O) groups excluding carboxylic acids is 2. The number of hydrogen-bond donors (Lipinski definition) is 2. The molecule has 3 aliphatic heterocycles. The molecular weight excluding hydrogens is 392 g/mol. The number of nitrogens with zero attached hydrogens (tertiary/aromatic N) is 2. The van der Waals surface area contributed by atoms with Crippen molar-refractivity contribution in [2.75, 3.05) is 32.1 Å². The van der Waals surface area contributed by atoms with Crippen LogP contribution in [0.2, 0.25) is 0 Å². The molecule has 3 atom stereocenters. The Morgan fingerprint density at radius 1 is 1.16 bits per heavy atom. The minimum atomic E-state index is -0.897. The van der Waals surface area contributed by atoms with Gasteiger partial charge in [-0.05, 0) is 55.6 Å². The van der Waals surface area contributed by atoms with Gasteiger partial charge in [0.05, 0.1) is 18.6 Å². The van der Waals surface area contributed by atoms with Crippen molar-refractivity contribution in [3.63, 3.8) is 0 Å². The van der Waals surface area contributed by atoms with Crippen molar-refractivity contribution < 1.29 is 14.3 Å². The number of ether oxygens (including phenoxy) is 1. The van der Waals surface area contributed by atoms with E-state index < -0.39 is 11.0 Å². The highest BCUT2D eigenvalue weighted by Gasteiger charge is 2.68. The van der Waals surface area contributed by atoms with Crippen LogP contribution in [-0.4, -0.2) is 60.1 Å². The number of piperazine rings is 1. The first-order chi connectivity index (χ1) is 14.9. The van der Waals surface area contributed by atoms with E-state index in [-0.39, 0.29) is 24.5 Å². The van der Waals surface area contributed by atoms with Crippen LogP contribution in [0.5, 0.6) is 5.75 Å². The summed E-state index contributed by atoms with van der Waals surface area (Å²) in [7, 11) is 1.71. The van der Waals surface area contributed by atoms with Gasteiger partial charge in [0.25, 0.3) is 0 Å². The van der Waals surface area contributed by atoms with Gasteiger partial charge in [0, 0.05) is 12.7 Å². The van der Waals surface area contributed by atoms with Crippen LogP contribution in [0.4, 0.5) is 5.69 Å². The highest BCUT2D eigenvalue weighted by Crippen LogP contribution is 2.58. The van der Waals surface area contributed by atoms with Crippen molar-refractivity contribution in [2.24, 2.45) is 5.73 Å². The predicted octanol–water partition coefficient (Wildman–Crippen LogP) is 1.91. The van der Waals surface area contributed by atoms with E-state index in [1.165, 1.54) is 0 Å². The summed E-state index contributed by atoms with van der Waals surface area (Å²) < 4.78 is 5.78. The van der Waals surface area contributed by atoms with Crippen molar-refractivity contribution >= 4 is 17.5 Å². The standard InChI is InChI=1S/C24H28N4O3/c1-23-15-24(16-8-10-17(11-9-16)31-13-5-12-25)18-6-3-4-7-19(18)26-21(24)28(23)20(29)14-27(2)22(23)30/h3-4,6-11,21,26H,5,12-15,25H2,1-2H3/t21-,23+,24+/m1/s1. The second kappa shape index (κ2) is 6.99. The summed E-state index contributed by atoms with van der Waals surface area (Å²) >= 11 is 0. The van der Waals surface area contributed by atoms with Gasteiger partial charge in [-0.1, -0.05) is 30.3 Å². The van der Waals surface area contributed by atoms with Gasteiger partial charge in [-0.3, -0.25) is 9.59 Å². The summed E-state index contributed by atoms with van der Waals surface area (Å²) in [5.41, 5.74) is 7.34. The van der Waals surface area contributed by atoms with Crippen LogP contribution in [0.25, 0.3) is 0 Å². The molecule has 2 saturated heterocycles. The summed E-state index contributed by atoms with van der Waals surface area (Å²) in [6.45, 7) is 3.18. The molecule has 2 aromatic rings. The zero-order chi connectivity index (χ0) is 21.8. The van der Waals surface area contributed by atoms with Gasteiger partial charge in [-0.15, -0.1) is 0 Å². The van der Waals surface area contributed by atoms with E-state index in [9.17, 15) is 9.59 Å². The van der Waals surface area contributed by atoms with E-state index in [0.29, 0.717) is 19.6 Å². The third kappa shape index (κ3) is 2.69. The lowest BCUT2D eigenvalue weighted by molar-refractivity contribution is -0.160. The second-order valence-corrected chi connectivity index (χ2v) is 8.95. The van der Waals surface area contributed by atoms with E-state index in [2.05, 4.69) is 23.5 Å². The zero-order valence-corrected chi connectivity index (χ0v) is 17.9. The molecule has 0 saturated carbocycles. The number of likely N-dealkylation sites (N-methyl/N-ethyl adjacent to an activating group) is 1. The molecule has 2 aromatic carbocycles. The molecule has 3 heterocycles. The minimum absolute atomic E-state index is 0.0121. The molecule has 0 aliphatic carbocycles. The number of nitrogens with two attached hydrogens (primary N) is 1. The van der Waals surface area contributed by atoms with Crippen molar-refractivity contribution in [3.05, 3.63) is 59.7 Å². The van der Waals surface area contributed by atoms with Gasteiger partial charge in [-0.2, -0.15) is 0 Å². The Balaban J connectivity index is 1.62. The van der Waals surface area contributed by atoms with E-state index in [1.54, 1.807) is 16.8 Å². The number of para-hydroxylation sites is 1. The Kier molecular flexibility index (Phi) is 4.48. The molecule has 7 nitrogen and oxygen atoms in total. The maximum absolute atomic E-state index is 13.3. The van der Waals surface area contributed by atoms with Crippen molar-refractivity contribution in [1.29, 1.82) is 0 Å². The summed E-state index contributed by atoms with van der Waals surface area (Å²) in [5, 5.41) is 3.57. The predicted molar refractivity (Wildman–Crippen MR) is 118 cm³/mol. The molecular formula is C24H28N4O3. The van der Waals surface area contributed by atoms with E-state index in [0.717, 1.165) is 29.0 Å². The van der Waals surface area contributed by atoms with Crippen molar-refractivity contribution in [1.82, 2.24) is 9.80 Å². The fourth-order valence-electron chi connectivity index (χ4n) is 5.70. The molecule has 3 N–H and O–H groups in total. The lowest BCUT2D eigenvalue weighted by Crippen LogP contribution is -2.65. The molecule has 0 bridgehead atoms. The quantitative estimate of drug-likeness (QED) is 0.722. The van der Waals surface area contributed by atoms with Crippen LogP contribution in [0, 0.1) is 0 Å². The van der Waals surface area contributed by atoms with Crippen LogP contribution in [0.15, 0.2) is 48.5 Å². The van der Waals surface area contributed by atoms with Gasteiger partial charge in [0.15, 0.2) is 0 Å². The summed E-state index contributed by atoms with van der Waals surface area (Å²) in [6.07, 6.45) is 1.01. The number of hydrogen-bond acceptors (Lipinski definition) is 5. The Morgan fingerprint density at radius 2 is 1.90 bits per heavy atom. The number of rotatable bonds is 5. The topological polar surface area (TPSA) is 87.9 Å². The van der Waals surface area contributed by atoms with E-state index >= 15 is 0 Å². The first-order valence-electron chi connectivity index (χ1n) is 10.8. The molecule has 31 heavy (non-hydrogen) atoms. The fourth-order valence-corrected chi connectivity index (χ4v) is 5.70. The van der Waals surface area contributed by atoms with Gasteiger partial charge >= 0.3 is 0 Å². The molecule has 0 unspecified atom stereocenters. The highest BCUT2D eigenvalue weighted by molar-refractivity contribution is 5.99. The zero-order valence-electron chi connectivity index (χ0n) is 17.9. The summed E-state index contributed by atoms with van der Waals surface area (Å²) in [4.78, 5) is 29.8. The van der Waals surface area contributed by atoms with E-state index in [1.807, 2.05) is 37.3 Å². The molecule has 5 rings (SSSR count). The van der Waals surface area contributed by atoms with Crippen LogP contribution in [-0.2, 0) is 15.0 Å². The van der Waals surface area contributed by atoms with E-state index in [4.69, 9.17) is 10.5 Å². The summed E-state index contributed by atoms with van der Waals surface area (Å²) in [5.74, 6) is 0.749. The number of anilines is 1. The molecule has 162 valence electrons. The Hall–Kier alpha value is -3.06. The normalized spacial score (nSPS) is 28.8. The first-order valence-corrected chi connectivity index (χ1v) is 10.8. The average molecular weight is 421 g/mol. The van der Waals surface area contributed by atoms with Crippen molar-refractivity contribution in [2.45, 2.75) is 36.9 Å². The molecule has 0 aromatic heterocycles. The fraction of sp³-hybridized carbons (Fsp3) is 0.417. The minimum Gasteiger partial charge on any atom is -0.494 e. The second-order valence-electron chi connectivity index (χ2n) is 8.95. The molecule has 0 spiro atoms. The molecule has 3 aliphatic rings. The third-order valence-corrected chi connectivity index (χ3v) is 7.01. The number of fused-ring (bicyclic) bond motifs is 5. The lowest BCUT2D eigenvalue weighted by Gasteiger charge is -2.44. The van der Waals surface area contributed by atoms with Crippen LogP contribution >= 0.6 is 0 Å². The monoisotopic (exact) mass is 420 g/mol. The first kappa shape index (κ1) is 19.9. The molecule has 0 radical (unpaired) electrons. The smallest absolute Gasteiger partial charge is 0.248 e. The number of amides is 2. The molecule has 2 fully saturated rings. The SMILES string of the molecule is CN1CC(=O)N2[C@H]3Nc4ccccc4[C@@]3(c3ccc(OCCCN)cc3)C[C@@]2(C)C1=O. The van der Waals surface area contributed by atoms with Gasteiger partial charge < -0.3 is 25.6 Å². The molecule has 7 heteroatoms. The molecule has 2 amide bonds. The summed E-state index contributed by atoms with van der Waals surface area (Å²) in [6, 6.07) is 16.2. The Morgan fingerprint density at radius 3 is 2.65 bits per heavy atom. The third-order valence-electron chi connectivity index (χ3n) is 7.01. The largest absolute Gasteiger partial charge is 0.494 e. The maximum Gasteiger partial charge on any atom is 0.248 e. The van der Waals surface area contributed by atoms with Crippen LogP contribution in [0.3, 0.4) is 0 Å². The van der Waals surface area contributed by atoms with Crippen molar-refractivity contribution in [3.8, 4) is 5.75 Å². The number of benzene rings is 2. The van der Waals surface area contributed by atoms with Gasteiger partial charge in [-0.25, -0.2) is 0 Å². The van der Waals surface area contributed by atoms with Crippen LogP contribution in [0.1, 0.15) is 30.9 Å². The number of nitrogens with one attached hydrogen (secondary N) is 1. The Labute approximate surface area is 182 Å². The number of carbonyl (C=O) groups is 2. The van der Waals surface area contributed by atoms with Crippen LogP contribution < -0.4 is 15.8 Å². The Bertz CT molecular complexity index is 1040. The average Bonchev–Trinajstić information content (AvgIpc) is 3.21. The maximum atomic E-state index is 13.3. The van der Waals surface area contributed by atoms with Gasteiger partial charge in [0.2, 0.25) is 11.8 Å².